The predicted molar refractivity (Wildman–Crippen MR) is 71.7 cm³/mol. The number of carbonyl (C=O) groups excluding carboxylic acids is 1. The quantitative estimate of drug-likeness (QED) is 0.806. The molecule has 1 amide bonds. The van der Waals surface area contributed by atoms with Gasteiger partial charge in [-0.05, 0) is 49.6 Å². The first-order valence-electron chi connectivity index (χ1n) is 6.01. The minimum atomic E-state index is -1.07. The number of hydrogen-bond acceptors (Lipinski definition) is 3. The van der Waals surface area contributed by atoms with Gasteiger partial charge in [0.15, 0.2) is 0 Å². The Morgan fingerprint density at radius 3 is 2.56 bits per heavy atom. The highest BCUT2D eigenvalue weighted by atomic mass is 32.1. The second-order valence-corrected chi connectivity index (χ2v) is 5.15. The van der Waals surface area contributed by atoms with Crippen molar-refractivity contribution in [2.75, 3.05) is 6.54 Å². The van der Waals surface area contributed by atoms with Gasteiger partial charge < -0.3 is 10.0 Å². The van der Waals surface area contributed by atoms with Crippen LogP contribution in [0.3, 0.4) is 0 Å². The van der Waals surface area contributed by atoms with Gasteiger partial charge in [-0.1, -0.05) is 0 Å². The number of aliphatic carboxylic acids is 1. The molecule has 2 unspecified atom stereocenters. The minimum absolute atomic E-state index is 0.0129. The molecule has 0 aliphatic heterocycles. The summed E-state index contributed by atoms with van der Waals surface area (Å²) in [6.45, 7) is 5.79. The van der Waals surface area contributed by atoms with Crippen LogP contribution in [0.25, 0.3) is 0 Å². The number of amides is 1. The van der Waals surface area contributed by atoms with Crippen molar-refractivity contribution in [2.24, 2.45) is 5.92 Å². The van der Waals surface area contributed by atoms with Crippen molar-refractivity contribution in [3.63, 3.8) is 0 Å². The molecule has 5 heteroatoms. The Morgan fingerprint density at radius 2 is 2.11 bits per heavy atom. The molecule has 0 bridgehead atoms. The third-order valence-corrected chi connectivity index (χ3v) is 3.74. The maximum absolute atomic E-state index is 12.0. The molecule has 0 aromatic carbocycles. The molecule has 1 N–H and O–H groups in total. The summed E-state index contributed by atoms with van der Waals surface area (Å²) in [6.07, 6.45) is 0.759. The molecule has 0 aliphatic carbocycles. The highest BCUT2D eigenvalue weighted by molar-refractivity contribution is 7.07. The lowest BCUT2D eigenvalue weighted by atomic mass is 10.1. The average molecular weight is 269 g/mol. The van der Waals surface area contributed by atoms with E-state index in [4.69, 9.17) is 5.11 Å². The normalized spacial score (nSPS) is 13.9. The van der Waals surface area contributed by atoms with Crippen LogP contribution in [0.4, 0.5) is 0 Å². The standard InChI is InChI=1S/C13H19NO3S/c1-4-14(12(15)10(3)13(16)17)9(2)7-11-5-6-18-8-11/h5-6,8-10H,4,7H2,1-3H3,(H,16,17). The fourth-order valence-electron chi connectivity index (χ4n) is 1.90. The van der Waals surface area contributed by atoms with E-state index in [2.05, 4.69) is 5.38 Å². The maximum atomic E-state index is 12.0. The van der Waals surface area contributed by atoms with Crippen molar-refractivity contribution in [1.82, 2.24) is 4.90 Å². The monoisotopic (exact) mass is 269 g/mol. The number of rotatable bonds is 6. The van der Waals surface area contributed by atoms with Crippen LogP contribution in [0.1, 0.15) is 26.3 Å². The molecule has 0 fully saturated rings. The van der Waals surface area contributed by atoms with Gasteiger partial charge in [0, 0.05) is 12.6 Å². The minimum Gasteiger partial charge on any atom is -0.481 e. The molecule has 0 saturated carbocycles. The summed E-state index contributed by atoms with van der Waals surface area (Å²) in [5, 5.41) is 12.9. The van der Waals surface area contributed by atoms with E-state index in [1.54, 1.807) is 16.2 Å². The summed E-state index contributed by atoms with van der Waals surface area (Å²) in [4.78, 5) is 24.5. The van der Waals surface area contributed by atoms with Gasteiger partial charge in [0.05, 0.1) is 0 Å². The van der Waals surface area contributed by atoms with E-state index in [9.17, 15) is 9.59 Å². The van der Waals surface area contributed by atoms with Gasteiger partial charge in [0.25, 0.3) is 0 Å². The van der Waals surface area contributed by atoms with E-state index in [1.807, 2.05) is 25.3 Å². The summed E-state index contributed by atoms with van der Waals surface area (Å²) in [5.41, 5.74) is 1.18. The van der Waals surface area contributed by atoms with E-state index in [0.717, 1.165) is 6.42 Å². The lowest BCUT2D eigenvalue weighted by Gasteiger charge is -2.29. The maximum Gasteiger partial charge on any atom is 0.315 e. The topological polar surface area (TPSA) is 57.6 Å². The van der Waals surface area contributed by atoms with E-state index >= 15 is 0 Å². The smallest absolute Gasteiger partial charge is 0.315 e. The molecule has 1 aromatic heterocycles. The molecule has 0 radical (unpaired) electrons. The second kappa shape index (κ2) is 6.54. The van der Waals surface area contributed by atoms with Gasteiger partial charge in [-0.25, -0.2) is 0 Å². The molecule has 1 heterocycles. The van der Waals surface area contributed by atoms with Crippen molar-refractivity contribution in [3.05, 3.63) is 22.4 Å². The molecule has 100 valence electrons. The number of nitrogens with zero attached hydrogens (tertiary/aromatic N) is 1. The van der Waals surface area contributed by atoms with Gasteiger partial charge in [-0.2, -0.15) is 11.3 Å². The van der Waals surface area contributed by atoms with Crippen molar-refractivity contribution >= 4 is 23.2 Å². The van der Waals surface area contributed by atoms with Crippen molar-refractivity contribution in [2.45, 2.75) is 33.2 Å². The van der Waals surface area contributed by atoms with Gasteiger partial charge in [0.2, 0.25) is 5.91 Å². The number of carbonyl (C=O) groups is 2. The fourth-order valence-corrected chi connectivity index (χ4v) is 2.58. The molecule has 1 aromatic rings. The third-order valence-electron chi connectivity index (χ3n) is 3.01. The Hall–Kier alpha value is -1.36. The Bertz CT molecular complexity index is 402. The summed E-state index contributed by atoms with van der Waals surface area (Å²) in [6, 6.07) is 2.04. The van der Waals surface area contributed by atoms with E-state index in [1.165, 1.54) is 12.5 Å². The summed E-state index contributed by atoms with van der Waals surface area (Å²) in [5.74, 6) is -2.36. The van der Waals surface area contributed by atoms with Crippen LogP contribution in [-0.4, -0.2) is 34.5 Å². The van der Waals surface area contributed by atoms with Crippen LogP contribution < -0.4 is 0 Å². The van der Waals surface area contributed by atoms with Crippen LogP contribution in [0, 0.1) is 5.92 Å². The zero-order chi connectivity index (χ0) is 13.7. The Balaban J connectivity index is 2.70. The molecule has 4 nitrogen and oxygen atoms in total. The first kappa shape index (κ1) is 14.7. The van der Waals surface area contributed by atoms with Gasteiger partial charge in [-0.3, -0.25) is 9.59 Å². The van der Waals surface area contributed by atoms with Gasteiger partial charge >= 0.3 is 5.97 Å². The molecule has 18 heavy (non-hydrogen) atoms. The second-order valence-electron chi connectivity index (χ2n) is 4.37. The number of likely N-dealkylation sites (N-methyl/N-ethyl adjacent to an activating group) is 1. The first-order valence-corrected chi connectivity index (χ1v) is 6.96. The largest absolute Gasteiger partial charge is 0.481 e. The van der Waals surface area contributed by atoms with Gasteiger partial charge in [0.1, 0.15) is 5.92 Å². The first-order chi connectivity index (χ1) is 8.47. The van der Waals surface area contributed by atoms with Crippen molar-refractivity contribution in [1.29, 1.82) is 0 Å². The van der Waals surface area contributed by atoms with E-state index < -0.39 is 11.9 Å². The van der Waals surface area contributed by atoms with Crippen LogP contribution in [0.5, 0.6) is 0 Å². The van der Waals surface area contributed by atoms with Crippen LogP contribution >= 0.6 is 11.3 Å². The predicted octanol–water partition coefficient (Wildman–Crippen LogP) is 2.25. The molecular formula is C13H19NO3S. The zero-order valence-corrected chi connectivity index (χ0v) is 11.7. The highest BCUT2D eigenvalue weighted by Gasteiger charge is 2.28. The number of carboxylic acids is 1. The fraction of sp³-hybridized carbons (Fsp3) is 0.538. The average Bonchev–Trinajstić information content (AvgIpc) is 2.81. The Labute approximate surface area is 111 Å². The molecule has 0 saturated heterocycles. The molecular weight excluding hydrogens is 250 g/mol. The van der Waals surface area contributed by atoms with Gasteiger partial charge in [-0.15, -0.1) is 0 Å². The van der Waals surface area contributed by atoms with E-state index in [0.29, 0.717) is 6.54 Å². The van der Waals surface area contributed by atoms with Crippen LogP contribution in [-0.2, 0) is 16.0 Å². The Kier molecular flexibility index (Phi) is 5.34. The molecule has 1 rings (SSSR count). The lowest BCUT2D eigenvalue weighted by Crippen LogP contribution is -2.44. The molecule has 2 atom stereocenters. The van der Waals surface area contributed by atoms with Crippen LogP contribution in [0.15, 0.2) is 16.8 Å². The van der Waals surface area contributed by atoms with Crippen molar-refractivity contribution in [3.8, 4) is 0 Å². The SMILES string of the molecule is CCN(C(=O)C(C)C(=O)O)C(C)Cc1ccsc1. The summed E-state index contributed by atoms with van der Waals surface area (Å²) >= 11 is 1.62. The number of carboxylic acid groups (broad SMARTS) is 1. The third kappa shape index (κ3) is 3.57. The molecule has 0 aliphatic rings. The Morgan fingerprint density at radius 1 is 1.44 bits per heavy atom. The molecule has 0 spiro atoms. The zero-order valence-electron chi connectivity index (χ0n) is 10.9. The lowest BCUT2D eigenvalue weighted by molar-refractivity contribution is -0.151. The number of hydrogen-bond donors (Lipinski definition) is 1. The van der Waals surface area contributed by atoms with Crippen LogP contribution in [0.2, 0.25) is 0 Å². The highest BCUT2D eigenvalue weighted by Crippen LogP contribution is 2.14. The van der Waals surface area contributed by atoms with Crippen molar-refractivity contribution < 1.29 is 14.7 Å². The summed E-state index contributed by atoms with van der Waals surface area (Å²) in [7, 11) is 0. The van der Waals surface area contributed by atoms with E-state index in [-0.39, 0.29) is 11.9 Å². The number of thiophene rings is 1. The summed E-state index contributed by atoms with van der Waals surface area (Å²) < 4.78 is 0.